The number of hydrogen-bond acceptors (Lipinski definition) is 4. The maximum absolute atomic E-state index is 12.4. The van der Waals surface area contributed by atoms with E-state index in [2.05, 4.69) is 15.8 Å². The largest absolute Gasteiger partial charge is 0.326 e. The van der Waals surface area contributed by atoms with E-state index in [1.165, 1.54) is 6.92 Å². The molecule has 0 aliphatic heterocycles. The fourth-order valence-electron chi connectivity index (χ4n) is 2.74. The standard InChI is InChI=1S/C24H22ClN3O2S/c1-16(20-4-3-5-22(14-20)26-17(2)29)27-28-24(30)19-8-6-18(7-9-19)15-31-23-12-10-21(25)11-13-23/h3-14H,15H2,1-2H3,(H,26,29)(H,28,30)/b27-16+. The lowest BCUT2D eigenvalue weighted by Crippen LogP contribution is -2.19. The second kappa shape index (κ2) is 10.8. The molecule has 0 heterocycles. The minimum absolute atomic E-state index is 0.143. The zero-order chi connectivity index (χ0) is 22.2. The number of anilines is 1. The molecule has 0 atom stereocenters. The van der Waals surface area contributed by atoms with E-state index in [1.54, 1.807) is 43.0 Å². The van der Waals surface area contributed by atoms with Crippen molar-refractivity contribution in [3.05, 3.63) is 94.5 Å². The summed E-state index contributed by atoms with van der Waals surface area (Å²) in [4.78, 5) is 24.8. The molecule has 0 spiro atoms. The van der Waals surface area contributed by atoms with Gasteiger partial charge in [-0.3, -0.25) is 9.59 Å². The Hall–Kier alpha value is -3.09. The van der Waals surface area contributed by atoms with Crippen molar-refractivity contribution >= 4 is 46.6 Å². The molecular formula is C24H22ClN3O2S. The SMILES string of the molecule is CC(=O)Nc1cccc(/C(C)=N/NC(=O)c2ccc(CSc3ccc(Cl)cc3)cc2)c1. The predicted molar refractivity (Wildman–Crippen MR) is 128 cm³/mol. The topological polar surface area (TPSA) is 70.6 Å². The summed E-state index contributed by atoms with van der Waals surface area (Å²) >= 11 is 7.62. The van der Waals surface area contributed by atoms with E-state index in [9.17, 15) is 9.59 Å². The van der Waals surface area contributed by atoms with Crippen LogP contribution in [-0.2, 0) is 10.5 Å². The average Bonchev–Trinajstić information content (AvgIpc) is 2.77. The maximum Gasteiger partial charge on any atom is 0.271 e. The molecule has 0 aromatic heterocycles. The third kappa shape index (κ3) is 6.98. The molecule has 0 saturated heterocycles. The van der Waals surface area contributed by atoms with Crippen LogP contribution in [0.2, 0.25) is 5.02 Å². The number of thioether (sulfide) groups is 1. The molecule has 31 heavy (non-hydrogen) atoms. The van der Waals surface area contributed by atoms with Crippen LogP contribution in [0.1, 0.15) is 35.3 Å². The van der Waals surface area contributed by atoms with Crippen molar-refractivity contribution in [1.29, 1.82) is 0 Å². The molecule has 5 nitrogen and oxygen atoms in total. The molecule has 0 aliphatic carbocycles. The Balaban J connectivity index is 1.57. The van der Waals surface area contributed by atoms with Crippen LogP contribution in [-0.4, -0.2) is 17.5 Å². The van der Waals surface area contributed by atoms with Crippen LogP contribution in [0, 0.1) is 0 Å². The highest BCUT2D eigenvalue weighted by Gasteiger charge is 2.06. The zero-order valence-corrected chi connectivity index (χ0v) is 18.8. The molecule has 0 bridgehead atoms. The van der Waals surface area contributed by atoms with Gasteiger partial charge in [-0.15, -0.1) is 11.8 Å². The van der Waals surface area contributed by atoms with Crippen molar-refractivity contribution in [3.8, 4) is 0 Å². The molecule has 3 aromatic rings. The van der Waals surface area contributed by atoms with Crippen LogP contribution in [0.3, 0.4) is 0 Å². The number of nitrogens with zero attached hydrogens (tertiary/aromatic N) is 1. The van der Waals surface area contributed by atoms with Gasteiger partial charge in [0.05, 0.1) is 5.71 Å². The van der Waals surface area contributed by atoms with Gasteiger partial charge in [-0.05, 0) is 66.6 Å². The van der Waals surface area contributed by atoms with E-state index < -0.39 is 0 Å². The Morgan fingerprint density at radius 1 is 0.935 bits per heavy atom. The van der Waals surface area contributed by atoms with Gasteiger partial charge in [0.15, 0.2) is 0 Å². The third-order valence-corrected chi connectivity index (χ3v) is 5.70. The zero-order valence-electron chi connectivity index (χ0n) is 17.2. The van der Waals surface area contributed by atoms with Gasteiger partial charge in [0.1, 0.15) is 0 Å². The average molecular weight is 452 g/mol. The quantitative estimate of drug-likeness (QED) is 0.273. The molecular weight excluding hydrogens is 430 g/mol. The van der Waals surface area contributed by atoms with Crippen molar-refractivity contribution in [1.82, 2.24) is 5.43 Å². The molecule has 0 aliphatic rings. The van der Waals surface area contributed by atoms with Crippen molar-refractivity contribution in [2.24, 2.45) is 5.10 Å². The van der Waals surface area contributed by atoms with Crippen LogP contribution >= 0.6 is 23.4 Å². The van der Waals surface area contributed by atoms with E-state index in [0.29, 0.717) is 17.0 Å². The number of halogens is 1. The summed E-state index contributed by atoms with van der Waals surface area (Å²) in [5, 5.41) is 7.64. The second-order valence-corrected chi connectivity index (χ2v) is 8.32. The van der Waals surface area contributed by atoms with Gasteiger partial charge in [-0.2, -0.15) is 5.10 Å². The summed E-state index contributed by atoms with van der Waals surface area (Å²) < 4.78 is 0. The Morgan fingerprint density at radius 2 is 1.65 bits per heavy atom. The Bertz CT molecular complexity index is 1100. The first-order valence-electron chi connectivity index (χ1n) is 9.60. The molecule has 7 heteroatoms. The first-order valence-corrected chi connectivity index (χ1v) is 11.0. The van der Waals surface area contributed by atoms with Gasteiger partial charge in [0.25, 0.3) is 5.91 Å². The lowest BCUT2D eigenvalue weighted by Gasteiger charge is -2.07. The molecule has 3 rings (SSSR count). The van der Waals surface area contributed by atoms with Gasteiger partial charge >= 0.3 is 0 Å². The van der Waals surface area contributed by atoms with E-state index in [1.807, 2.05) is 48.5 Å². The predicted octanol–water partition coefficient (Wildman–Crippen LogP) is 5.74. The molecule has 0 unspecified atom stereocenters. The Morgan fingerprint density at radius 3 is 2.32 bits per heavy atom. The van der Waals surface area contributed by atoms with Gasteiger partial charge in [-0.25, -0.2) is 5.43 Å². The summed E-state index contributed by atoms with van der Waals surface area (Å²) in [5.74, 6) is 0.371. The summed E-state index contributed by atoms with van der Waals surface area (Å²) in [7, 11) is 0. The van der Waals surface area contributed by atoms with Crippen LogP contribution in [0.15, 0.2) is 82.8 Å². The number of carbonyl (C=O) groups excluding carboxylic acids is 2. The second-order valence-electron chi connectivity index (χ2n) is 6.84. The molecule has 158 valence electrons. The van der Waals surface area contributed by atoms with E-state index >= 15 is 0 Å². The third-order valence-electron chi connectivity index (χ3n) is 4.36. The number of benzene rings is 3. The lowest BCUT2D eigenvalue weighted by molar-refractivity contribution is -0.114. The number of hydrazone groups is 1. The molecule has 0 radical (unpaired) electrons. The molecule has 0 fully saturated rings. The van der Waals surface area contributed by atoms with E-state index in [0.717, 1.165) is 26.8 Å². The Kier molecular flexibility index (Phi) is 7.87. The molecule has 2 amide bonds. The van der Waals surface area contributed by atoms with Crippen molar-refractivity contribution in [2.45, 2.75) is 24.5 Å². The van der Waals surface area contributed by atoms with E-state index in [-0.39, 0.29) is 11.8 Å². The van der Waals surface area contributed by atoms with Crippen LogP contribution < -0.4 is 10.7 Å². The Labute approximate surface area is 190 Å². The fourth-order valence-corrected chi connectivity index (χ4v) is 3.72. The number of carbonyl (C=O) groups is 2. The number of nitrogens with one attached hydrogen (secondary N) is 2. The van der Waals surface area contributed by atoms with Gasteiger partial charge < -0.3 is 5.32 Å². The summed E-state index contributed by atoms with van der Waals surface area (Å²) in [6.45, 7) is 3.25. The van der Waals surface area contributed by atoms with Gasteiger partial charge in [-0.1, -0.05) is 35.9 Å². The number of rotatable bonds is 7. The van der Waals surface area contributed by atoms with Crippen LogP contribution in [0.25, 0.3) is 0 Å². The van der Waals surface area contributed by atoms with Crippen molar-refractivity contribution in [2.75, 3.05) is 5.32 Å². The fraction of sp³-hybridized carbons (Fsp3) is 0.125. The smallest absolute Gasteiger partial charge is 0.271 e. The van der Waals surface area contributed by atoms with E-state index in [4.69, 9.17) is 11.6 Å². The highest BCUT2D eigenvalue weighted by atomic mass is 35.5. The van der Waals surface area contributed by atoms with Crippen LogP contribution in [0.4, 0.5) is 5.69 Å². The minimum Gasteiger partial charge on any atom is -0.326 e. The number of hydrogen-bond donors (Lipinski definition) is 2. The monoisotopic (exact) mass is 451 g/mol. The summed E-state index contributed by atoms with van der Waals surface area (Å²) in [6.07, 6.45) is 0. The lowest BCUT2D eigenvalue weighted by atomic mass is 10.1. The van der Waals surface area contributed by atoms with Crippen LogP contribution in [0.5, 0.6) is 0 Å². The molecule has 0 saturated carbocycles. The maximum atomic E-state index is 12.4. The molecule has 2 N–H and O–H groups in total. The summed E-state index contributed by atoms with van der Waals surface area (Å²) in [6, 6.07) is 22.4. The molecule has 3 aromatic carbocycles. The highest BCUT2D eigenvalue weighted by Crippen LogP contribution is 2.24. The summed E-state index contributed by atoms with van der Waals surface area (Å²) in [5.41, 5.74) is 6.35. The first kappa shape index (κ1) is 22.6. The van der Waals surface area contributed by atoms with Gasteiger partial charge in [0.2, 0.25) is 5.91 Å². The minimum atomic E-state index is -0.283. The first-order chi connectivity index (χ1) is 14.9. The van der Waals surface area contributed by atoms with Crippen molar-refractivity contribution in [3.63, 3.8) is 0 Å². The number of amides is 2. The normalized spacial score (nSPS) is 11.1. The van der Waals surface area contributed by atoms with Gasteiger partial charge in [0, 0.05) is 33.8 Å². The highest BCUT2D eigenvalue weighted by molar-refractivity contribution is 7.98. The van der Waals surface area contributed by atoms with Crippen molar-refractivity contribution < 1.29 is 9.59 Å².